The Kier molecular flexibility index (Phi) is 8.67. The molecule has 3 rings (SSSR count). The Morgan fingerprint density at radius 2 is 1.55 bits per heavy atom. The second kappa shape index (κ2) is 11.2. The number of hydrogen-bond donors (Lipinski definition) is 1. The van der Waals surface area contributed by atoms with Crippen LogP contribution in [0.25, 0.3) is 0 Å². The van der Waals surface area contributed by atoms with Crippen molar-refractivity contribution in [2.45, 2.75) is 41.5 Å². The molecule has 1 N–H and O–H groups in total. The number of benzene rings is 2. The fourth-order valence-electron chi connectivity index (χ4n) is 3.17. The summed E-state index contributed by atoms with van der Waals surface area (Å²) in [5, 5.41) is 12.2. The van der Waals surface area contributed by atoms with Crippen molar-refractivity contribution >= 4 is 55.3 Å². The molecule has 8 heteroatoms. The van der Waals surface area contributed by atoms with E-state index in [0.29, 0.717) is 17.6 Å². The molecule has 0 saturated heterocycles. The predicted molar refractivity (Wildman–Crippen MR) is 134 cm³/mol. The average molecular weight is 409 g/mol. The van der Waals surface area contributed by atoms with Crippen LogP contribution in [-0.2, 0) is 0 Å². The number of nitrogens with zero attached hydrogens (tertiary/aromatic N) is 5. The van der Waals surface area contributed by atoms with Gasteiger partial charge in [0, 0.05) is 0 Å². The van der Waals surface area contributed by atoms with Crippen molar-refractivity contribution in [2.24, 2.45) is 10.2 Å². The molecule has 0 aliphatic heterocycles. The Morgan fingerprint density at radius 1 is 0.935 bits per heavy atom. The third-order valence-electron chi connectivity index (χ3n) is 4.55. The molecule has 1 radical (unpaired) electrons. The summed E-state index contributed by atoms with van der Waals surface area (Å²) in [6, 6.07) is 9.58. The third kappa shape index (κ3) is 5.66. The minimum absolute atomic E-state index is 0.467. The van der Waals surface area contributed by atoms with Gasteiger partial charge in [-0.25, -0.2) is 0 Å². The van der Waals surface area contributed by atoms with Gasteiger partial charge in [-0.15, -0.1) is 0 Å². The second-order valence-corrected chi connectivity index (χ2v) is 6.59. The van der Waals surface area contributed by atoms with Gasteiger partial charge >= 0.3 is 172 Å². The molecule has 0 fully saturated rings. The van der Waals surface area contributed by atoms with Crippen molar-refractivity contribution in [3.8, 4) is 0 Å². The quantitative estimate of drug-likeness (QED) is 0.485. The van der Waals surface area contributed by atoms with E-state index in [1.165, 1.54) is 0 Å². The van der Waals surface area contributed by atoms with Gasteiger partial charge in [-0.2, -0.15) is 0 Å². The van der Waals surface area contributed by atoms with E-state index in [-0.39, 0.29) is 0 Å². The first-order valence-electron chi connectivity index (χ1n) is 10.2. The zero-order chi connectivity index (χ0) is 23.0. The van der Waals surface area contributed by atoms with E-state index in [9.17, 15) is 0 Å². The summed E-state index contributed by atoms with van der Waals surface area (Å²) in [6.45, 7) is 17.3. The number of anilines is 2. The zero-order valence-corrected chi connectivity index (χ0v) is 19.1. The van der Waals surface area contributed by atoms with Gasteiger partial charge in [-0.05, 0) is 0 Å². The van der Waals surface area contributed by atoms with Crippen molar-refractivity contribution < 1.29 is 0 Å². The molecule has 3 aromatic rings. The first-order chi connectivity index (χ1) is 14.9. The normalized spacial score (nSPS) is 10.2. The molecule has 1 heterocycles. The SMILES string of the molecule is CC.[B]=Cc1c(C)c(N=Nc2ccccc2)c(B=C)c(C)c1Nc1nc(C)nc(C)n1. The van der Waals surface area contributed by atoms with Crippen LogP contribution in [0.1, 0.15) is 42.2 Å². The van der Waals surface area contributed by atoms with E-state index in [2.05, 4.69) is 37.0 Å². The van der Waals surface area contributed by atoms with Crippen LogP contribution >= 0.6 is 0 Å². The number of azo groups is 1. The molecule has 0 aliphatic carbocycles. The number of aryl methyl sites for hydroxylation is 2. The second-order valence-electron chi connectivity index (χ2n) is 6.59. The van der Waals surface area contributed by atoms with Crippen LogP contribution in [0.4, 0.5) is 23.0 Å². The molecular weight excluding hydrogens is 382 g/mol. The van der Waals surface area contributed by atoms with E-state index < -0.39 is 0 Å². The third-order valence-corrected chi connectivity index (χ3v) is 4.55. The maximum absolute atomic E-state index is 5.99. The first kappa shape index (κ1) is 24.0. The van der Waals surface area contributed by atoms with Gasteiger partial charge in [0.25, 0.3) is 0 Å². The molecule has 0 aliphatic rings. The van der Waals surface area contributed by atoms with Gasteiger partial charge < -0.3 is 0 Å². The van der Waals surface area contributed by atoms with Crippen LogP contribution in [0, 0.1) is 27.7 Å². The van der Waals surface area contributed by atoms with Crippen LogP contribution in [0.15, 0.2) is 40.6 Å². The molecule has 0 saturated carbocycles. The van der Waals surface area contributed by atoms with E-state index in [1.54, 1.807) is 12.9 Å². The van der Waals surface area contributed by atoms with Crippen LogP contribution in [0.5, 0.6) is 0 Å². The summed E-state index contributed by atoms with van der Waals surface area (Å²) in [6.07, 6.45) is 0. The number of nitrogens with one attached hydrogen (secondary N) is 1. The van der Waals surface area contributed by atoms with Crippen LogP contribution in [0.3, 0.4) is 0 Å². The van der Waals surface area contributed by atoms with Gasteiger partial charge in [0.15, 0.2) is 0 Å². The molecular formula is C23H27B2N6. The van der Waals surface area contributed by atoms with Crippen molar-refractivity contribution in [1.82, 2.24) is 15.0 Å². The van der Waals surface area contributed by atoms with E-state index in [1.807, 2.05) is 71.9 Å². The summed E-state index contributed by atoms with van der Waals surface area (Å²) in [7, 11) is 5.99. The predicted octanol–water partition coefficient (Wildman–Crippen LogP) is 4.37. The summed E-state index contributed by atoms with van der Waals surface area (Å²) in [5.41, 5.74) is 5.81. The summed E-state index contributed by atoms with van der Waals surface area (Å²) < 4.78 is 0. The standard InChI is InChI=1S/C21H21B2N6.C2H6/c1-12-17(11-22)19(27-21-25-14(3)24-15(4)26-21)13(2)18(23-5)20(12)29-28-16-9-7-6-8-10-16;1-2/h6-11H,5H2,1-4H3,(H,24,25,26,27);1-2H3. The molecule has 0 spiro atoms. The van der Waals surface area contributed by atoms with Gasteiger partial charge in [0.05, 0.1) is 0 Å². The van der Waals surface area contributed by atoms with Crippen LogP contribution < -0.4 is 10.8 Å². The van der Waals surface area contributed by atoms with Gasteiger partial charge in [0.1, 0.15) is 0 Å². The van der Waals surface area contributed by atoms with Crippen LogP contribution in [0.2, 0.25) is 0 Å². The first-order valence-corrected chi connectivity index (χ1v) is 10.2. The molecule has 155 valence electrons. The Morgan fingerprint density at radius 3 is 2.10 bits per heavy atom. The molecule has 2 aromatic carbocycles. The zero-order valence-electron chi connectivity index (χ0n) is 19.1. The molecule has 6 nitrogen and oxygen atoms in total. The topological polar surface area (TPSA) is 75.4 Å². The molecule has 0 amide bonds. The summed E-state index contributed by atoms with van der Waals surface area (Å²) in [5.74, 6) is 3.31. The van der Waals surface area contributed by atoms with Crippen molar-refractivity contribution in [3.05, 3.63) is 58.7 Å². The monoisotopic (exact) mass is 409 g/mol. The van der Waals surface area contributed by atoms with Gasteiger partial charge in [-0.1, -0.05) is 13.8 Å². The Hall–Kier alpha value is -3.28. The number of aromatic nitrogens is 3. The molecule has 0 unspecified atom stereocenters. The molecule has 0 bridgehead atoms. The van der Waals surface area contributed by atoms with E-state index in [0.717, 1.165) is 39.2 Å². The average Bonchev–Trinajstić information content (AvgIpc) is 2.76. The number of hydrogen-bond acceptors (Lipinski definition) is 6. The summed E-state index contributed by atoms with van der Waals surface area (Å²) >= 11 is 0. The summed E-state index contributed by atoms with van der Waals surface area (Å²) in [4.78, 5) is 13.0. The van der Waals surface area contributed by atoms with Gasteiger partial charge in [0.2, 0.25) is 0 Å². The Balaban J connectivity index is 0.00000166. The van der Waals surface area contributed by atoms with Crippen molar-refractivity contribution in [3.63, 3.8) is 0 Å². The van der Waals surface area contributed by atoms with E-state index in [4.69, 9.17) is 7.49 Å². The molecule has 0 atom stereocenters. The fraction of sp³-hybridized carbons (Fsp3) is 0.261. The van der Waals surface area contributed by atoms with E-state index >= 15 is 0 Å². The fourth-order valence-corrected chi connectivity index (χ4v) is 3.17. The molecule has 31 heavy (non-hydrogen) atoms. The Bertz CT molecular complexity index is 1090. The van der Waals surface area contributed by atoms with Crippen molar-refractivity contribution in [2.75, 3.05) is 5.32 Å². The number of rotatable bonds is 6. The van der Waals surface area contributed by atoms with Crippen LogP contribution in [-0.4, -0.2) is 41.8 Å². The van der Waals surface area contributed by atoms with Gasteiger partial charge in [-0.3, -0.25) is 0 Å². The van der Waals surface area contributed by atoms with Crippen molar-refractivity contribution in [1.29, 1.82) is 0 Å². The molecule has 1 aromatic heterocycles. The minimum atomic E-state index is 0.467. The maximum atomic E-state index is 5.99. The Labute approximate surface area is 186 Å².